The van der Waals surface area contributed by atoms with Gasteiger partial charge in [0.1, 0.15) is 5.82 Å². The zero-order chi connectivity index (χ0) is 28.6. The van der Waals surface area contributed by atoms with Crippen LogP contribution in [0.15, 0.2) is 97.1 Å². The van der Waals surface area contributed by atoms with Crippen molar-refractivity contribution >= 4 is 17.6 Å². The molecule has 0 saturated carbocycles. The first-order valence-corrected chi connectivity index (χ1v) is 13.3. The van der Waals surface area contributed by atoms with Gasteiger partial charge >= 0.3 is 5.97 Å². The fourth-order valence-corrected chi connectivity index (χ4v) is 4.93. The molecule has 4 aromatic rings. The van der Waals surface area contributed by atoms with Gasteiger partial charge in [-0.1, -0.05) is 68.5 Å². The van der Waals surface area contributed by atoms with Crippen molar-refractivity contribution in [1.29, 1.82) is 0 Å². The van der Waals surface area contributed by atoms with E-state index < -0.39 is 12.1 Å². The Kier molecular flexibility index (Phi) is 9.30. The number of aliphatic hydroxyl groups is 1. The molecule has 0 saturated heterocycles. The van der Waals surface area contributed by atoms with E-state index in [-0.39, 0.29) is 24.1 Å². The van der Waals surface area contributed by atoms with Crippen LogP contribution in [0.5, 0.6) is 0 Å². The Bertz CT molecular complexity index is 1480. The third-order valence-electron chi connectivity index (χ3n) is 6.64. The number of carboxylic acids is 1. The molecule has 1 amide bonds. The minimum Gasteiger partial charge on any atom is -0.478 e. The molecular formula is C33H33FN2O4. The molecule has 1 aromatic heterocycles. The number of carboxylic acid groups (broad SMARTS) is 1. The zero-order valence-corrected chi connectivity index (χ0v) is 22.5. The lowest BCUT2D eigenvalue weighted by Gasteiger charge is -2.19. The van der Waals surface area contributed by atoms with E-state index in [0.29, 0.717) is 24.2 Å². The molecule has 0 fully saturated rings. The highest BCUT2D eigenvalue weighted by molar-refractivity contribution is 6.12. The highest BCUT2D eigenvalue weighted by Crippen LogP contribution is 2.42. The monoisotopic (exact) mass is 540 g/mol. The number of amides is 1. The van der Waals surface area contributed by atoms with Crippen LogP contribution in [0, 0.1) is 5.82 Å². The van der Waals surface area contributed by atoms with Crippen LogP contribution >= 0.6 is 0 Å². The predicted octanol–water partition coefficient (Wildman–Crippen LogP) is 7.12. The molecule has 0 radical (unpaired) electrons. The Morgan fingerprint density at radius 1 is 0.925 bits per heavy atom. The van der Waals surface area contributed by atoms with Gasteiger partial charge in [-0.25, -0.2) is 9.18 Å². The second kappa shape index (κ2) is 13.0. The molecule has 1 heterocycles. The van der Waals surface area contributed by atoms with Crippen LogP contribution in [-0.4, -0.2) is 32.8 Å². The average Bonchev–Trinajstić information content (AvgIpc) is 3.29. The van der Waals surface area contributed by atoms with Gasteiger partial charge in [0.05, 0.1) is 17.4 Å². The van der Waals surface area contributed by atoms with Gasteiger partial charge in [0.15, 0.2) is 0 Å². The molecule has 40 heavy (non-hydrogen) atoms. The van der Waals surface area contributed by atoms with Crippen LogP contribution in [-0.2, 0) is 11.3 Å². The summed E-state index contributed by atoms with van der Waals surface area (Å²) < 4.78 is 16.0. The Morgan fingerprint density at radius 2 is 1.55 bits per heavy atom. The van der Waals surface area contributed by atoms with Crippen molar-refractivity contribution in [3.63, 3.8) is 0 Å². The Labute approximate surface area is 233 Å². The number of carbonyl (C=O) groups is 2. The molecule has 6 nitrogen and oxygen atoms in total. The number of nitrogens with zero attached hydrogens (tertiary/aromatic N) is 1. The zero-order valence-electron chi connectivity index (χ0n) is 22.5. The van der Waals surface area contributed by atoms with Crippen molar-refractivity contribution in [2.45, 2.75) is 45.3 Å². The number of para-hydroxylation sites is 1. The molecule has 4 rings (SSSR count). The average molecular weight is 541 g/mol. The quantitative estimate of drug-likeness (QED) is 0.177. The fourth-order valence-electron chi connectivity index (χ4n) is 4.93. The summed E-state index contributed by atoms with van der Waals surface area (Å²) in [5.41, 5.74) is 5.03. The minimum absolute atomic E-state index is 0.0720. The topological polar surface area (TPSA) is 91.6 Å². The van der Waals surface area contributed by atoms with Gasteiger partial charge in [0.25, 0.3) is 5.91 Å². The molecule has 0 aliphatic heterocycles. The van der Waals surface area contributed by atoms with Gasteiger partial charge in [0.2, 0.25) is 0 Å². The lowest BCUT2D eigenvalue weighted by atomic mass is 9.94. The number of anilines is 1. The minimum atomic E-state index is -1.07. The molecule has 3 aromatic carbocycles. The van der Waals surface area contributed by atoms with Crippen LogP contribution in [0.2, 0.25) is 0 Å². The van der Waals surface area contributed by atoms with Crippen molar-refractivity contribution in [3.8, 4) is 22.4 Å². The van der Waals surface area contributed by atoms with Crippen LogP contribution in [0.4, 0.5) is 10.1 Å². The number of hydrogen-bond donors (Lipinski definition) is 3. The van der Waals surface area contributed by atoms with Crippen molar-refractivity contribution < 1.29 is 24.2 Å². The SMILES string of the molecule is CC(C)c1c(C(=O)Nc2ccccc2)c(-c2ccccc2)c(-c2ccc(F)cc2)n1CC[C@@H](O)C/C=C\C(=O)O. The maximum absolute atomic E-state index is 14.0. The smallest absolute Gasteiger partial charge is 0.327 e. The Balaban J connectivity index is 1.92. The third kappa shape index (κ3) is 6.74. The van der Waals surface area contributed by atoms with Crippen molar-refractivity contribution in [2.24, 2.45) is 0 Å². The molecule has 3 N–H and O–H groups in total. The van der Waals surface area contributed by atoms with E-state index in [2.05, 4.69) is 5.32 Å². The maximum atomic E-state index is 14.0. The fraction of sp³-hybridized carbons (Fsp3) is 0.212. The summed E-state index contributed by atoms with van der Waals surface area (Å²) in [6.45, 7) is 4.39. The predicted molar refractivity (Wildman–Crippen MR) is 156 cm³/mol. The van der Waals surface area contributed by atoms with E-state index >= 15 is 0 Å². The van der Waals surface area contributed by atoms with Gasteiger partial charge < -0.3 is 20.1 Å². The lowest BCUT2D eigenvalue weighted by Crippen LogP contribution is -2.17. The number of aromatic nitrogens is 1. The maximum Gasteiger partial charge on any atom is 0.327 e. The summed E-state index contributed by atoms with van der Waals surface area (Å²) in [6.07, 6.45) is 2.16. The molecule has 1 atom stereocenters. The first kappa shape index (κ1) is 28.5. The molecule has 0 unspecified atom stereocenters. The van der Waals surface area contributed by atoms with Gasteiger partial charge in [-0.05, 0) is 66.3 Å². The van der Waals surface area contributed by atoms with Crippen molar-refractivity contribution in [2.75, 3.05) is 5.32 Å². The van der Waals surface area contributed by atoms with Crippen molar-refractivity contribution in [1.82, 2.24) is 4.57 Å². The second-order valence-corrected chi connectivity index (χ2v) is 9.90. The Hall–Kier alpha value is -4.49. The third-order valence-corrected chi connectivity index (χ3v) is 6.64. The molecule has 0 aliphatic carbocycles. The van der Waals surface area contributed by atoms with Crippen LogP contribution in [0.25, 0.3) is 22.4 Å². The number of halogens is 1. The van der Waals surface area contributed by atoms with E-state index in [9.17, 15) is 19.1 Å². The number of hydrogen-bond acceptors (Lipinski definition) is 3. The molecule has 0 bridgehead atoms. The number of benzene rings is 3. The Morgan fingerprint density at radius 3 is 2.15 bits per heavy atom. The summed E-state index contributed by atoms with van der Waals surface area (Å²) in [4.78, 5) is 24.9. The molecule has 7 heteroatoms. The summed E-state index contributed by atoms with van der Waals surface area (Å²) in [6, 6.07) is 25.0. The lowest BCUT2D eigenvalue weighted by molar-refractivity contribution is -0.131. The highest BCUT2D eigenvalue weighted by Gasteiger charge is 2.30. The summed E-state index contributed by atoms with van der Waals surface area (Å²) in [5.74, 6) is -1.77. The molecule has 0 aliphatic rings. The van der Waals surface area contributed by atoms with Crippen molar-refractivity contribution in [3.05, 3.63) is 114 Å². The number of aliphatic hydroxyl groups excluding tert-OH is 1. The summed E-state index contributed by atoms with van der Waals surface area (Å²) >= 11 is 0. The van der Waals surface area contributed by atoms with Crippen LogP contribution in [0.3, 0.4) is 0 Å². The van der Waals surface area contributed by atoms with E-state index in [0.717, 1.165) is 34.2 Å². The number of aliphatic carboxylic acids is 1. The van der Waals surface area contributed by atoms with Gasteiger partial charge in [-0.3, -0.25) is 4.79 Å². The normalized spacial score (nSPS) is 12.1. The van der Waals surface area contributed by atoms with Gasteiger partial charge in [-0.15, -0.1) is 0 Å². The van der Waals surface area contributed by atoms with Gasteiger partial charge in [-0.2, -0.15) is 0 Å². The standard InChI is InChI=1S/C33H33FN2O4/c1-22(2)31-30(33(40)35-26-12-7-4-8-13-26)29(23-10-5-3-6-11-23)32(24-16-18-25(34)19-17-24)36(31)21-20-27(37)14-9-15-28(38)39/h3-13,15-19,22,27,37H,14,20-21H2,1-2H3,(H,35,40)(H,38,39)/b15-9-/t27-/m0/s1. The van der Waals surface area contributed by atoms with Gasteiger partial charge in [0, 0.05) is 29.6 Å². The van der Waals surface area contributed by atoms with Crippen LogP contribution in [0.1, 0.15) is 48.7 Å². The molecule has 206 valence electrons. The molecular weight excluding hydrogens is 507 g/mol. The summed E-state index contributed by atoms with van der Waals surface area (Å²) in [7, 11) is 0. The van der Waals surface area contributed by atoms with Crippen LogP contribution < -0.4 is 5.32 Å². The largest absolute Gasteiger partial charge is 0.478 e. The highest BCUT2D eigenvalue weighted by atomic mass is 19.1. The second-order valence-electron chi connectivity index (χ2n) is 9.90. The number of nitrogens with one attached hydrogen (secondary N) is 1. The van der Waals surface area contributed by atoms with E-state index in [1.54, 1.807) is 12.1 Å². The molecule has 0 spiro atoms. The van der Waals surface area contributed by atoms with E-state index in [1.165, 1.54) is 18.2 Å². The first-order chi connectivity index (χ1) is 19.3. The number of carbonyl (C=O) groups excluding carboxylic acids is 1. The number of rotatable bonds is 11. The van der Waals surface area contributed by atoms with E-state index in [1.807, 2.05) is 79.1 Å². The summed E-state index contributed by atoms with van der Waals surface area (Å²) in [5, 5.41) is 22.6. The van der Waals surface area contributed by atoms with E-state index in [4.69, 9.17) is 5.11 Å². The first-order valence-electron chi connectivity index (χ1n) is 13.3.